The summed E-state index contributed by atoms with van der Waals surface area (Å²) in [5.41, 5.74) is -1.51. The normalized spacial score (nSPS) is 31.6. The molecule has 6 rings (SSSR count). The van der Waals surface area contributed by atoms with Gasteiger partial charge in [0.1, 0.15) is 29.1 Å². The monoisotopic (exact) mass is 510 g/mol. The highest BCUT2D eigenvalue weighted by Crippen LogP contribution is 2.52. The van der Waals surface area contributed by atoms with Crippen molar-refractivity contribution in [3.63, 3.8) is 0 Å². The number of ether oxygens (including phenoxy) is 4. The molecule has 6 atom stereocenters. The van der Waals surface area contributed by atoms with E-state index < -0.39 is 59.4 Å². The van der Waals surface area contributed by atoms with E-state index >= 15 is 0 Å². The molecular weight excluding hydrogens is 484 g/mol. The van der Waals surface area contributed by atoms with Crippen LogP contribution in [0.1, 0.15) is 75.8 Å². The largest absolute Gasteiger partial charge is 0.507 e. The third-order valence-electron chi connectivity index (χ3n) is 7.85. The maximum Gasteiger partial charge on any atom is 0.202 e. The lowest BCUT2D eigenvalue weighted by atomic mass is 9.74. The summed E-state index contributed by atoms with van der Waals surface area (Å²) in [6.45, 7) is 3.03. The number of benzene rings is 2. The average Bonchev–Trinajstić information content (AvgIpc) is 3.64. The van der Waals surface area contributed by atoms with Crippen LogP contribution in [0.15, 0.2) is 18.2 Å². The summed E-state index contributed by atoms with van der Waals surface area (Å²) in [5.74, 6) is -2.82. The number of fused-ring (bicyclic) bond motifs is 4. The Labute approximate surface area is 211 Å². The number of aromatic hydroxyl groups is 2. The average molecular weight is 510 g/mol. The molecule has 4 aliphatic rings. The molecule has 0 amide bonds. The van der Waals surface area contributed by atoms with E-state index in [4.69, 9.17) is 18.9 Å². The van der Waals surface area contributed by atoms with Crippen molar-refractivity contribution in [3.8, 4) is 17.2 Å². The van der Waals surface area contributed by atoms with Gasteiger partial charge in [0.2, 0.25) is 5.78 Å². The molecule has 2 saturated heterocycles. The molecule has 194 valence electrons. The summed E-state index contributed by atoms with van der Waals surface area (Å²) in [6, 6.07) is 4.56. The quantitative estimate of drug-likeness (QED) is 0.352. The lowest BCUT2D eigenvalue weighted by Gasteiger charge is -2.37. The second kappa shape index (κ2) is 8.09. The molecule has 10 nitrogen and oxygen atoms in total. The summed E-state index contributed by atoms with van der Waals surface area (Å²) in [6.07, 6.45) is -2.71. The van der Waals surface area contributed by atoms with E-state index in [1.54, 1.807) is 13.0 Å². The lowest BCUT2D eigenvalue weighted by molar-refractivity contribution is -0.230. The van der Waals surface area contributed by atoms with Gasteiger partial charge in [0, 0.05) is 29.0 Å². The van der Waals surface area contributed by atoms with Crippen molar-refractivity contribution in [2.45, 2.75) is 63.5 Å². The number of methoxy groups -OCH3 is 1. The number of phenolic OH excluding ortho intramolecular Hbond substituents is 2. The summed E-state index contributed by atoms with van der Waals surface area (Å²) in [4.78, 5) is 39.5. The van der Waals surface area contributed by atoms with Crippen LogP contribution in [0.5, 0.6) is 17.2 Å². The summed E-state index contributed by atoms with van der Waals surface area (Å²) in [7, 11) is 1.37. The van der Waals surface area contributed by atoms with E-state index in [9.17, 15) is 29.7 Å². The second-order valence-corrected chi connectivity index (χ2v) is 10.3. The number of epoxide rings is 1. The fourth-order valence-electron chi connectivity index (χ4n) is 5.87. The van der Waals surface area contributed by atoms with Crippen LogP contribution in [0.4, 0.5) is 0 Å². The maximum absolute atomic E-state index is 13.6. The molecule has 2 aromatic carbocycles. The molecule has 3 N–H and O–H groups in total. The Morgan fingerprint density at radius 2 is 1.81 bits per heavy atom. The molecule has 0 bridgehead atoms. The Bertz CT molecular complexity index is 1380. The molecule has 5 unspecified atom stereocenters. The third kappa shape index (κ3) is 3.51. The molecule has 2 aliphatic carbocycles. The fourth-order valence-corrected chi connectivity index (χ4v) is 5.87. The van der Waals surface area contributed by atoms with Gasteiger partial charge in [0.25, 0.3) is 0 Å². The van der Waals surface area contributed by atoms with Crippen molar-refractivity contribution in [2.24, 2.45) is 5.92 Å². The number of hydrogen-bond acceptors (Lipinski definition) is 10. The van der Waals surface area contributed by atoms with Gasteiger partial charge in [0.15, 0.2) is 18.4 Å². The number of hydrogen-bond donors (Lipinski definition) is 3. The van der Waals surface area contributed by atoms with Crippen molar-refractivity contribution in [3.05, 3.63) is 51.6 Å². The third-order valence-corrected chi connectivity index (χ3v) is 7.85. The Hall–Kier alpha value is -3.31. The van der Waals surface area contributed by atoms with Gasteiger partial charge in [-0.1, -0.05) is 12.1 Å². The molecule has 2 heterocycles. The molecule has 2 fully saturated rings. The minimum Gasteiger partial charge on any atom is -0.507 e. The predicted molar refractivity (Wildman–Crippen MR) is 125 cm³/mol. The topological polar surface area (TPSA) is 152 Å². The Balaban J connectivity index is 1.49. The van der Waals surface area contributed by atoms with Crippen molar-refractivity contribution in [1.82, 2.24) is 0 Å². The zero-order valence-corrected chi connectivity index (χ0v) is 20.4. The first-order valence-electron chi connectivity index (χ1n) is 12.1. The minimum atomic E-state index is -1.20. The van der Waals surface area contributed by atoms with Crippen LogP contribution >= 0.6 is 0 Å². The SMILES string of the molecule is COc1cccc2c1C(=O)c1c(O)c3c(c(O)c1C2=O)CC(C(C)=O)C[C@@H]3OC1CC(C)(O)C2OC2O1. The number of ketones is 3. The molecule has 0 aromatic heterocycles. The highest BCUT2D eigenvalue weighted by molar-refractivity contribution is 6.31. The Kier molecular flexibility index (Phi) is 5.26. The Morgan fingerprint density at radius 1 is 1.08 bits per heavy atom. The molecule has 2 aliphatic heterocycles. The van der Waals surface area contributed by atoms with Crippen LogP contribution in [0.25, 0.3) is 0 Å². The van der Waals surface area contributed by atoms with E-state index in [0.29, 0.717) is 0 Å². The molecule has 0 spiro atoms. The molecule has 10 heteroatoms. The first-order valence-corrected chi connectivity index (χ1v) is 12.1. The number of rotatable bonds is 4. The highest BCUT2D eigenvalue weighted by atomic mass is 16.8. The van der Waals surface area contributed by atoms with Crippen LogP contribution in [0.3, 0.4) is 0 Å². The van der Waals surface area contributed by atoms with Crippen molar-refractivity contribution >= 4 is 17.3 Å². The van der Waals surface area contributed by atoms with Crippen molar-refractivity contribution < 1.29 is 48.7 Å². The maximum atomic E-state index is 13.6. The molecule has 2 aromatic rings. The molecule has 37 heavy (non-hydrogen) atoms. The first-order chi connectivity index (χ1) is 17.5. The van der Waals surface area contributed by atoms with E-state index in [0.717, 1.165) is 0 Å². The van der Waals surface area contributed by atoms with Crippen LogP contribution < -0.4 is 4.74 Å². The second-order valence-electron chi connectivity index (χ2n) is 10.3. The van der Waals surface area contributed by atoms with Gasteiger partial charge < -0.3 is 34.3 Å². The smallest absolute Gasteiger partial charge is 0.202 e. The number of carbonyl (C=O) groups is 3. The van der Waals surface area contributed by atoms with Crippen LogP contribution in [-0.4, -0.2) is 64.1 Å². The molecular formula is C27H26O10. The van der Waals surface area contributed by atoms with Crippen molar-refractivity contribution in [1.29, 1.82) is 0 Å². The fraction of sp³-hybridized carbons (Fsp3) is 0.444. The van der Waals surface area contributed by atoms with Crippen LogP contribution in [0, 0.1) is 5.92 Å². The summed E-state index contributed by atoms with van der Waals surface area (Å²) >= 11 is 0. The lowest BCUT2D eigenvalue weighted by Crippen LogP contribution is -2.44. The van der Waals surface area contributed by atoms with Gasteiger partial charge in [-0.2, -0.15) is 0 Å². The van der Waals surface area contributed by atoms with Gasteiger partial charge in [-0.05, 0) is 32.8 Å². The molecule has 0 saturated carbocycles. The summed E-state index contributed by atoms with van der Waals surface area (Å²) < 4.78 is 22.5. The first kappa shape index (κ1) is 24.1. The standard InChI is InChI=1S/C27H26O10/c1-10(28)11-7-13-18(15(8-11)35-16-9-27(2,33)25-26(36-16)37-25)24(32)20-19(22(13)30)21(29)12-5-4-6-14(34-3)17(12)23(20)31/h4-6,11,15-16,25-26,30,32-33H,7-9H2,1-3H3/t11?,15-,16?,25?,26?,27?/m0/s1. The summed E-state index contributed by atoms with van der Waals surface area (Å²) in [5, 5.41) is 33.5. The Morgan fingerprint density at radius 3 is 2.49 bits per heavy atom. The minimum absolute atomic E-state index is 0.00405. The number of Topliss-reactive ketones (excluding diaryl/α,β-unsaturated/α-hetero) is 1. The van der Waals surface area contributed by atoms with Crippen LogP contribution in [-0.2, 0) is 25.4 Å². The van der Waals surface area contributed by atoms with Gasteiger partial charge in [-0.25, -0.2) is 0 Å². The van der Waals surface area contributed by atoms with Gasteiger partial charge in [0.05, 0.1) is 35.5 Å². The number of aliphatic hydroxyl groups is 1. The van der Waals surface area contributed by atoms with Gasteiger partial charge in [-0.15, -0.1) is 0 Å². The highest BCUT2D eigenvalue weighted by Gasteiger charge is 2.59. The molecule has 0 radical (unpaired) electrons. The zero-order chi connectivity index (χ0) is 26.4. The number of phenols is 2. The van der Waals surface area contributed by atoms with E-state index in [1.165, 1.54) is 26.2 Å². The van der Waals surface area contributed by atoms with Gasteiger partial charge >= 0.3 is 0 Å². The predicted octanol–water partition coefficient (Wildman–Crippen LogP) is 2.31. The van der Waals surface area contributed by atoms with Gasteiger partial charge in [-0.3, -0.25) is 14.4 Å². The van der Waals surface area contributed by atoms with E-state index in [-0.39, 0.29) is 64.2 Å². The zero-order valence-electron chi connectivity index (χ0n) is 20.4. The van der Waals surface area contributed by atoms with Crippen LogP contribution in [0.2, 0.25) is 0 Å². The van der Waals surface area contributed by atoms with Crippen molar-refractivity contribution in [2.75, 3.05) is 7.11 Å². The number of carbonyl (C=O) groups excluding carboxylic acids is 3. The van der Waals surface area contributed by atoms with E-state index in [1.807, 2.05) is 0 Å². The van der Waals surface area contributed by atoms with E-state index in [2.05, 4.69) is 0 Å².